The topological polar surface area (TPSA) is 59.2 Å². The summed E-state index contributed by atoms with van der Waals surface area (Å²) in [5.41, 5.74) is 8.39. The molecule has 19 heavy (non-hydrogen) atoms. The molecule has 2 N–H and O–H groups in total. The second kappa shape index (κ2) is 6.00. The molecule has 1 aromatic heterocycles. The quantitative estimate of drug-likeness (QED) is 0.848. The second-order valence-electron chi connectivity index (χ2n) is 4.53. The Kier molecular flexibility index (Phi) is 4.13. The minimum Gasteiger partial charge on any atom is -0.399 e. The Bertz CT molecular complexity index is 554. The standard InChI is InChI=1S/C15H17N3O/c1-18(11-12-5-7-17-8-6-12)15(19)10-13-3-2-4-14(16)9-13/h2-9H,10-11,16H2,1H3. The van der Waals surface area contributed by atoms with E-state index in [0.717, 1.165) is 11.1 Å². The van der Waals surface area contributed by atoms with E-state index in [1.54, 1.807) is 24.3 Å². The molecule has 1 heterocycles. The van der Waals surface area contributed by atoms with Gasteiger partial charge in [-0.25, -0.2) is 0 Å². The molecule has 0 bridgehead atoms. The van der Waals surface area contributed by atoms with Gasteiger partial charge in [-0.2, -0.15) is 0 Å². The first kappa shape index (κ1) is 13.1. The van der Waals surface area contributed by atoms with Gasteiger partial charge in [0.2, 0.25) is 5.91 Å². The maximum Gasteiger partial charge on any atom is 0.227 e. The highest BCUT2D eigenvalue weighted by Crippen LogP contribution is 2.09. The number of likely N-dealkylation sites (N-methyl/N-ethyl adjacent to an activating group) is 1. The summed E-state index contributed by atoms with van der Waals surface area (Å²) in [5.74, 6) is 0.0717. The van der Waals surface area contributed by atoms with Crippen LogP contribution in [0.1, 0.15) is 11.1 Å². The Morgan fingerprint density at radius 3 is 2.63 bits per heavy atom. The summed E-state index contributed by atoms with van der Waals surface area (Å²) in [6.07, 6.45) is 3.82. The molecule has 0 saturated carbocycles. The highest BCUT2D eigenvalue weighted by molar-refractivity contribution is 5.78. The third-order valence-corrected chi connectivity index (χ3v) is 2.90. The zero-order valence-electron chi connectivity index (χ0n) is 10.9. The molecule has 0 saturated heterocycles. The van der Waals surface area contributed by atoms with Crippen molar-refractivity contribution < 1.29 is 4.79 Å². The van der Waals surface area contributed by atoms with E-state index in [4.69, 9.17) is 5.73 Å². The van der Waals surface area contributed by atoms with E-state index in [0.29, 0.717) is 18.7 Å². The first-order valence-electron chi connectivity index (χ1n) is 6.12. The molecule has 1 amide bonds. The first-order valence-corrected chi connectivity index (χ1v) is 6.12. The molecule has 0 atom stereocenters. The fourth-order valence-corrected chi connectivity index (χ4v) is 1.86. The highest BCUT2D eigenvalue weighted by Gasteiger charge is 2.10. The number of nitrogens with two attached hydrogens (primary N) is 1. The molecule has 4 nitrogen and oxygen atoms in total. The Hall–Kier alpha value is -2.36. The molecule has 0 spiro atoms. The fourth-order valence-electron chi connectivity index (χ4n) is 1.86. The third kappa shape index (κ3) is 3.81. The van der Waals surface area contributed by atoms with E-state index in [1.165, 1.54) is 0 Å². The number of aromatic nitrogens is 1. The van der Waals surface area contributed by atoms with Crippen LogP contribution < -0.4 is 5.73 Å². The molecule has 0 aliphatic heterocycles. The summed E-state index contributed by atoms with van der Waals surface area (Å²) < 4.78 is 0. The monoisotopic (exact) mass is 255 g/mol. The molecule has 0 fully saturated rings. The molecule has 2 aromatic rings. The normalized spacial score (nSPS) is 10.2. The van der Waals surface area contributed by atoms with Gasteiger partial charge in [-0.05, 0) is 35.4 Å². The van der Waals surface area contributed by atoms with E-state index in [1.807, 2.05) is 36.4 Å². The molecule has 0 aliphatic carbocycles. The molecule has 4 heteroatoms. The minimum absolute atomic E-state index is 0.0717. The van der Waals surface area contributed by atoms with Gasteiger partial charge in [0.05, 0.1) is 6.42 Å². The number of benzene rings is 1. The molecule has 2 rings (SSSR count). The van der Waals surface area contributed by atoms with Gasteiger partial charge in [0.25, 0.3) is 0 Å². The molecule has 98 valence electrons. The van der Waals surface area contributed by atoms with E-state index >= 15 is 0 Å². The molecular formula is C15H17N3O. The Labute approximate surface area is 112 Å². The van der Waals surface area contributed by atoms with Gasteiger partial charge in [0.15, 0.2) is 0 Å². The van der Waals surface area contributed by atoms with E-state index in [-0.39, 0.29) is 5.91 Å². The summed E-state index contributed by atoms with van der Waals surface area (Å²) in [4.78, 5) is 17.8. The smallest absolute Gasteiger partial charge is 0.227 e. The van der Waals surface area contributed by atoms with E-state index in [2.05, 4.69) is 4.98 Å². The Balaban J connectivity index is 1.96. The first-order chi connectivity index (χ1) is 9.15. The summed E-state index contributed by atoms with van der Waals surface area (Å²) in [5, 5.41) is 0. The average Bonchev–Trinajstić information content (AvgIpc) is 2.40. The average molecular weight is 255 g/mol. The lowest BCUT2D eigenvalue weighted by Gasteiger charge is -2.17. The van der Waals surface area contributed by atoms with Crippen LogP contribution in [-0.2, 0) is 17.8 Å². The Morgan fingerprint density at radius 2 is 1.95 bits per heavy atom. The lowest BCUT2D eigenvalue weighted by Crippen LogP contribution is -2.27. The van der Waals surface area contributed by atoms with Crippen LogP contribution in [0.15, 0.2) is 48.8 Å². The minimum atomic E-state index is 0.0717. The number of anilines is 1. The summed E-state index contributed by atoms with van der Waals surface area (Å²) in [6, 6.07) is 11.2. The van der Waals surface area contributed by atoms with Gasteiger partial charge in [0.1, 0.15) is 0 Å². The molecule has 1 aromatic carbocycles. The van der Waals surface area contributed by atoms with Crippen LogP contribution in [-0.4, -0.2) is 22.8 Å². The molecular weight excluding hydrogens is 238 g/mol. The number of carbonyl (C=O) groups is 1. The van der Waals surface area contributed by atoms with Crippen LogP contribution >= 0.6 is 0 Å². The summed E-state index contributed by atoms with van der Waals surface area (Å²) in [6.45, 7) is 0.587. The number of amides is 1. The highest BCUT2D eigenvalue weighted by atomic mass is 16.2. The zero-order valence-corrected chi connectivity index (χ0v) is 10.9. The lowest BCUT2D eigenvalue weighted by atomic mass is 10.1. The lowest BCUT2D eigenvalue weighted by molar-refractivity contribution is -0.129. The van der Waals surface area contributed by atoms with Crippen molar-refractivity contribution in [2.45, 2.75) is 13.0 Å². The molecule has 0 aliphatic rings. The maximum absolute atomic E-state index is 12.1. The van der Waals surface area contributed by atoms with Crippen molar-refractivity contribution in [1.29, 1.82) is 0 Å². The third-order valence-electron chi connectivity index (χ3n) is 2.90. The van der Waals surface area contributed by atoms with E-state index in [9.17, 15) is 4.79 Å². The van der Waals surface area contributed by atoms with Gasteiger partial charge >= 0.3 is 0 Å². The predicted octanol–water partition coefficient (Wildman–Crippen LogP) is 1.86. The predicted molar refractivity (Wildman–Crippen MR) is 75.3 cm³/mol. The van der Waals surface area contributed by atoms with Gasteiger partial charge < -0.3 is 10.6 Å². The van der Waals surface area contributed by atoms with Gasteiger partial charge in [0, 0.05) is 31.7 Å². The Morgan fingerprint density at radius 1 is 1.21 bits per heavy atom. The van der Waals surface area contributed by atoms with Crippen molar-refractivity contribution in [3.05, 3.63) is 59.9 Å². The molecule has 0 radical (unpaired) electrons. The number of hydrogen-bond acceptors (Lipinski definition) is 3. The van der Waals surface area contributed by atoms with Crippen molar-refractivity contribution >= 4 is 11.6 Å². The van der Waals surface area contributed by atoms with Crippen molar-refractivity contribution in [2.24, 2.45) is 0 Å². The largest absolute Gasteiger partial charge is 0.399 e. The number of nitrogens with zero attached hydrogens (tertiary/aromatic N) is 2. The van der Waals surface area contributed by atoms with Crippen molar-refractivity contribution in [3.63, 3.8) is 0 Å². The van der Waals surface area contributed by atoms with Crippen molar-refractivity contribution in [1.82, 2.24) is 9.88 Å². The number of pyridine rings is 1. The van der Waals surface area contributed by atoms with Crippen LogP contribution in [0, 0.1) is 0 Å². The van der Waals surface area contributed by atoms with Crippen molar-refractivity contribution in [2.75, 3.05) is 12.8 Å². The van der Waals surface area contributed by atoms with Gasteiger partial charge in [-0.15, -0.1) is 0 Å². The SMILES string of the molecule is CN(Cc1ccncc1)C(=O)Cc1cccc(N)c1. The van der Waals surface area contributed by atoms with Crippen LogP contribution in [0.5, 0.6) is 0 Å². The number of carbonyl (C=O) groups excluding carboxylic acids is 1. The number of nitrogen functional groups attached to an aromatic ring is 1. The fraction of sp³-hybridized carbons (Fsp3) is 0.200. The number of hydrogen-bond donors (Lipinski definition) is 1. The van der Waals surface area contributed by atoms with Crippen molar-refractivity contribution in [3.8, 4) is 0 Å². The summed E-state index contributed by atoms with van der Waals surface area (Å²) in [7, 11) is 1.80. The van der Waals surface area contributed by atoms with Crippen LogP contribution in [0.4, 0.5) is 5.69 Å². The zero-order chi connectivity index (χ0) is 13.7. The maximum atomic E-state index is 12.1. The number of rotatable bonds is 4. The second-order valence-corrected chi connectivity index (χ2v) is 4.53. The van der Waals surface area contributed by atoms with Crippen LogP contribution in [0.25, 0.3) is 0 Å². The van der Waals surface area contributed by atoms with Crippen LogP contribution in [0.3, 0.4) is 0 Å². The molecule has 0 unspecified atom stereocenters. The van der Waals surface area contributed by atoms with Gasteiger partial charge in [-0.1, -0.05) is 12.1 Å². The van der Waals surface area contributed by atoms with Gasteiger partial charge in [-0.3, -0.25) is 9.78 Å². The summed E-state index contributed by atoms with van der Waals surface area (Å²) >= 11 is 0. The van der Waals surface area contributed by atoms with E-state index < -0.39 is 0 Å². The van der Waals surface area contributed by atoms with Crippen LogP contribution in [0.2, 0.25) is 0 Å².